The Balaban J connectivity index is 0.000000336. The van der Waals surface area contributed by atoms with Crippen LogP contribution >= 0.6 is 12.6 Å². The van der Waals surface area contributed by atoms with Crippen LogP contribution in [-0.2, 0) is 4.94 Å². The van der Waals surface area contributed by atoms with E-state index >= 15 is 0 Å². The van der Waals surface area contributed by atoms with Gasteiger partial charge < -0.3 is 0 Å². The molecule has 15 heavy (non-hydrogen) atoms. The number of non-ortho nitro benzene ring substituents is 1. The molecule has 0 bridgehead atoms. The third-order valence-electron chi connectivity index (χ3n) is 1.32. The average Bonchev–Trinajstić information content (AvgIpc) is 2.20. The summed E-state index contributed by atoms with van der Waals surface area (Å²) in [6.07, 6.45) is 0.747. The summed E-state index contributed by atoms with van der Waals surface area (Å²) in [5.74, 6) is 0. The molecule has 84 valence electrons. The average molecular weight is 233 g/mol. The van der Waals surface area contributed by atoms with Crippen LogP contribution in [0, 0.1) is 10.1 Å². The van der Waals surface area contributed by atoms with Gasteiger partial charge in [-0.05, 0) is 17.0 Å². The Hall–Kier alpha value is -1.14. The third-order valence-corrected chi connectivity index (χ3v) is 1.60. The van der Waals surface area contributed by atoms with Crippen molar-refractivity contribution in [3.8, 4) is 0 Å². The van der Waals surface area contributed by atoms with Crippen molar-refractivity contribution in [1.29, 1.82) is 0 Å². The fourth-order valence-electron chi connectivity index (χ4n) is 0.684. The second kappa shape index (κ2) is 8.19. The Labute approximate surface area is 92.5 Å². The minimum absolute atomic E-state index is 0.0764. The molecule has 0 aliphatic carbocycles. The maximum absolute atomic E-state index is 10.5. The maximum Gasteiger partial charge on any atom is 0.270 e. The third kappa shape index (κ3) is 6.87. The highest BCUT2D eigenvalue weighted by Crippen LogP contribution is 2.14. The second-order valence-corrected chi connectivity index (χ2v) is 3.11. The van der Waals surface area contributed by atoms with Gasteiger partial charge in [-0.1, -0.05) is 13.0 Å². The maximum atomic E-state index is 10.5. The fraction of sp³-hybridized carbons (Fsp3) is 0.333. The van der Waals surface area contributed by atoms with Gasteiger partial charge in [0.25, 0.3) is 5.69 Å². The van der Waals surface area contributed by atoms with Crippen LogP contribution in [0.1, 0.15) is 13.3 Å². The van der Waals surface area contributed by atoms with Crippen molar-refractivity contribution >= 4 is 18.3 Å². The van der Waals surface area contributed by atoms with Gasteiger partial charge in [0, 0.05) is 17.0 Å². The minimum atomic E-state index is -0.445. The van der Waals surface area contributed by atoms with Gasteiger partial charge in [0.15, 0.2) is 0 Å². The van der Waals surface area contributed by atoms with Crippen molar-refractivity contribution in [2.24, 2.45) is 0 Å². The van der Waals surface area contributed by atoms with E-state index < -0.39 is 4.92 Å². The molecule has 0 atom stereocenters. The van der Waals surface area contributed by atoms with E-state index in [9.17, 15) is 14.6 Å². The van der Waals surface area contributed by atoms with Crippen molar-refractivity contribution in [2.45, 2.75) is 18.2 Å². The lowest BCUT2D eigenvalue weighted by Gasteiger charge is -1.90. The second-order valence-electron chi connectivity index (χ2n) is 2.59. The molecule has 0 heterocycles. The monoisotopic (exact) mass is 233 g/mol. The Bertz CT molecular complexity index is 307. The number of thiol groups is 1. The smallest absolute Gasteiger partial charge is 0.258 e. The van der Waals surface area contributed by atoms with Crippen molar-refractivity contribution in [1.82, 2.24) is 0 Å². The quantitative estimate of drug-likeness (QED) is 0.495. The first-order valence-electron chi connectivity index (χ1n) is 4.28. The van der Waals surface area contributed by atoms with E-state index in [0.29, 0.717) is 4.90 Å². The lowest BCUT2D eigenvalue weighted by molar-refractivity contribution is -0.385. The zero-order chi connectivity index (χ0) is 11.7. The van der Waals surface area contributed by atoms with Gasteiger partial charge in [0.2, 0.25) is 0 Å². The van der Waals surface area contributed by atoms with E-state index in [1.54, 1.807) is 12.1 Å². The van der Waals surface area contributed by atoms with E-state index in [1.807, 2.05) is 6.92 Å². The van der Waals surface area contributed by atoms with Gasteiger partial charge >= 0.3 is 0 Å². The lowest BCUT2D eigenvalue weighted by Crippen LogP contribution is -1.85. The molecule has 0 N–H and O–H groups in total. The molecule has 0 spiro atoms. The summed E-state index contributed by atoms with van der Waals surface area (Å²) in [6, 6.07) is 6.12. The highest BCUT2D eigenvalue weighted by Gasteiger charge is 2.02. The summed E-state index contributed by atoms with van der Waals surface area (Å²) >= 11 is 3.94. The fourth-order valence-corrected chi connectivity index (χ4v) is 0.902. The van der Waals surface area contributed by atoms with Gasteiger partial charge in [-0.3, -0.25) is 10.1 Å². The van der Waals surface area contributed by atoms with Crippen LogP contribution in [0.3, 0.4) is 0 Å². The molecule has 0 aliphatic rings. The lowest BCUT2D eigenvalue weighted by atomic mass is 10.3. The summed E-state index contributed by atoms with van der Waals surface area (Å²) in [7, 11) is 0. The predicted molar refractivity (Wildman–Crippen MR) is 57.7 cm³/mol. The van der Waals surface area contributed by atoms with Crippen LogP contribution in [0.4, 0.5) is 10.2 Å². The molecule has 0 fully saturated rings. The molecule has 0 saturated heterocycles. The molecule has 0 unspecified atom stereocenters. The molecular formula is C9H12FNO3S. The summed E-state index contributed by atoms with van der Waals surface area (Å²) in [5, 5.41) is 10.1. The topological polar surface area (TPSA) is 52.4 Å². The number of nitro benzene ring substituents is 1. The minimum Gasteiger partial charge on any atom is -0.258 e. The van der Waals surface area contributed by atoms with Crippen molar-refractivity contribution in [2.75, 3.05) is 6.61 Å². The summed E-state index contributed by atoms with van der Waals surface area (Å²) in [4.78, 5) is 13.5. The molecule has 6 heteroatoms. The number of halogens is 1. The first kappa shape index (κ1) is 13.9. The molecule has 0 aliphatic heterocycles. The molecule has 0 saturated carbocycles. The molecule has 0 radical (unpaired) electrons. The molecule has 1 aromatic rings. The predicted octanol–water partition coefficient (Wildman–Crippen LogP) is 3.18. The Morgan fingerprint density at radius 3 is 2.53 bits per heavy atom. The Morgan fingerprint density at radius 1 is 1.60 bits per heavy atom. The summed E-state index contributed by atoms with van der Waals surface area (Å²) in [6.45, 7) is 2.07. The molecular weight excluding hydrogens is 221 g/mol. The number of benzene rings is 1. The number of nitro groups is 1. The van der Waals surface area contributed by atoms with E-state index in [2.05, 4.69) is 17.6 Å². The van der Waals surface area contributed by atoms with E-state index in [1.165, 1.54) is 12.1 Å². The van der Waals surface area contributed by atoms with Gasteiger partial charge in [0.1, 0.15) is 0 Å². The largest absolute Gasteiger partial charge is 0.270 e. The van der Waals surface area contributed by atoms with E-state index in [0.717, 1.165) is 6.42 Å². The van der Waals surface area contributed by atoms with Gasteiger partial charge in [-0.25, -0.2) is 0 Å². The zero-order valence-electron chi connectivity index (χ0n) is 8.22. The molecule has 0 amide bonds. The van der Waals surface area contributed by atoms with Crippen molar-refractivity contribution in [3.63, 3.8) is 0 Å². The zero-order valence-corrected chi connectivity index (χ0v) is 9.12. The summed E-state index contributed by atoms with van der Waals surface area (Å²) in [5.41, 5.74) is 0.0764. The van der Waals surface area contributed by atoms with Crippen molar-refractivity contribution in [3.05, 3.63) is 34.4 Å². The van der Waals surface area contributed by atoms with Crippen LogP contribution < -0.4 is 0 Å². The number of nitrogens with zero attached hydrogens (tertiary/aromatic N) is 1. The standard InChI is InChI=1S/C6H5NO2S.C3H7FO/c8-7(9)5-2-1-3-6(10)4-5;1-2-3-5-4/h1-4,10H;2-3H2,1H3. The van der Waals surface area contributed by atoms with Gasteiger partial charge in [0.05, 0.1) is 11.5 Å². The first-order chi connectivity index (χ1) is 7.11. The summed E-state index contributed by atoms with van der Waals surface area (Å²) < 4.78 is 10.5. The normalized spacial score (nSPS) is 9.00. The first-order valence-corrected chi connectivity index (χ1v) is 4.73. The van der Waals surface area contributed by atoms with E-state index in [-0.39, 0.29) is 12.3 Å². The molecule has 1 aromatic carbocycles. The van der Waals surface area contributed by atoms with Crippen LogP contribution in [-0.4, -0.2) is 11.5 Å². The van der Waals surface area contributed by atoms with Crippen LogP contribution in [0.15, 0.2) is 29.2 Å². The van der Waals surface area contributed by atoms with Crippen LogP contribution in [0.25, 0.3) is 0 Å². The number of hydrogen-bond acceptors (Lipinski definition) is 4. The highest BCUT2D eigenvalue weighted by atomic mass is 32.1. The SMILES string of the molecule is CCCOF.O=[N+]([O-])c1cccc(S)c1. The van der Waals surface area contributed by atoms with Crippen LogP contribution in [0.5, 0.6) is 0 Å². The molecule has 4 nitrogen and oxygen atoms in total. The Morgan fingerprint density at radius 2 is 2.27 bits per heavy atom. The van der Waals surface area contributed by atoms with Crippen molar-refractivity contribution < 1.29 is 14.4 Å². The number of hydrogen-bond donors (Lipinski definition) is 1. The Kier molecular flexibility index (Phi) is 7.57. The van der Waals surface area contributed by atoms with Gasteiger partial charge in [-0.2, -0.15) is 4.94 Å². The van der Waals surface area contributed by atoms with Crippen LogP contribution in [0.2, 0.25) is 0 Å². The highest BCUT2D eigenvalue weighted by molar-refractivity contribution is 7.80. The van der Waals surface area contributed by atoms with E-state index in [4.69, 9.17) is 0 Å². The molecule has 0 aromatic heterocycles. The molecule has 1 rings (SSSR count). The van der Waals surface area contributed by atoms with Gasteiger partial charge in [-0.15, -0.1) is 12.6 Å². The number of rotatable bonds is 3.